The molecule has 1 N–H and O–H groups in total. The first-order chi connectivity index (χ1) is 14.6. The van der Waals surface area contributed by atoms with E-state index in [1.54, 1.807) is 0 Å². The zero-order valence-electron chi connectivity index (χ0n) is 19.9. The molecule has 4 aliphatic carbocycles. The molecule has 0 radical (unpaired) electrons. The Balaban J connectivity index is 1.38. The molecule has 0 bridgehead atoms. The number of rotatable bonds is 3. The second kappa shape index (κ2) is 7.50. The van der Waals surface area contributed by atoms with Gasteiger partial charge in [0.15, 0.2) is 5.78 Å². The lowest BCUT2D eigenvalue weighted by molar-refractivity contribution is -0.160. The maximum Gasteiger partial charge on any atom is 0.179 e. The van der Waals surface area contributed by atoms with Crippen molar-refractivity contribution < 1.29 is 14.7 Å². The van der Waals surface area contributed by atoms with Crippen LogP contribution in [0.5, 0.6) is 0 Å². The minimum atomic E-state index is -0.295. The van der Waals surface area contributed by atoms with Gasteiger partial charge in [0.05, 0.1) is 11.8 Å². The van der Waals surface area contributed by atoms with Gasteiger partial charge in [-0.3, -0.25) is 14.6 Å². The third-order valence-corrected chi connectivity index (χ3v) is 10.9. The molecule has 4 saturated carbocycles. The van der Waals surface area contributed by atoms with E-state index < -0.39 is 0 Å². The topological polar surface area (TPSA) is 66.7 Å². The van der Waals surface area contributed by atoms with Crippen molar-refractivity contribution in [1.29, 1.82) is 0 Å². The van der Waals surface area contributed by atoms with Crippen molar-refractivity contribution in [1.82, 2.24) is 0 Å². The molecule has 31 heavy (non-hydrogen) atoms. The summed E-state index contributed by atoms with van der Waals surface area (Å²) in [6, 6.07) is 0. The summed E-state index contributed by atoms with van der Waals surface area (Å²) in [5.74, 6) is 3.36. The third-order valence-electron chi connectivity index (χ3n) is 10.9. The number of carbonyl (C=O) groups is 2. The zero-order valence-corrected chi connectivity index (χ0v) is 19.9. The lowest BCUT2D eigenvalue weighted by Crippen LogP contribution is -2.57. The molecule has 5 rings (SSSR count). The fourth-order valence-electron chi connectivity index (χ4n) is 9.23. The summed E-state index contributed by atoms with van der Waals surface area (Å²) < 4.78 is 0. The Morgan fingerprint density at radius 1 is 1.06 bits per heavy atom. The molecule has 0 spiro atoms. The first-order valence-corrected chi connectivity index (χ1v) is 12.9. The maximum absolute atomic E-state index is 13.3. The van der Waals surface area contributed by atoms with Crippen molar-refractivity contribution >= 4 is 17.3 Å². The van der Waals surface area contributed by atoms with E-state index in [1.807, 2.05) is 0 Å². The van der Waals surface area contributed by atoms with Crippen molar-refractivity contribution in [3.8, 4) is 0 Å². The van der Waals surface area contributed by atoms with Crippen molar-refractivity contribution in [3.63, 3.8) is 0 Å². The van der Waals surface area contributed by atoms with Crippen molar-refractivity contribution in [2.75, 3.05) is 6.54 Å². The quantitative estimate of drug-likeness (QED) is 0.699. The summed E-state index contributed by atoms with van der Waals surface area (Å²) in [6.07, 6.45) is 8.43. The summed E-state index contributed by atoms with van der Waals surface area (Å²) in [5.41, 5.74) is 1.07. The van der Waals surface area contributed by atoms with Crippen molar-refractivity contribution in [2.45, 2.75) is 91.6 Å². The van der Waals surface area contributed by atoms with E-state index in [1.165, 1.54) is 19.3 Å². The van der Waals surface area contributed by atoms with Gasteiger partial charge in [0.2, 0.25) is 0 Å². The van der Waals surface area contributed by atoms with Gasteiger partial charge >= 0.3 is 0 Å². The lowest BCUT2D eigenvalue weighted by Gasteiger charge is -2.60. The fourth-order valence-corrected chi connectivity index (χ4v) is 9.23. The SMILES string of the molecule is C[C@H]1CN=C(C(=O)[C@@H](C)[C@H]2CC[C@H]3[C@@H]4CC(=O)[C@H]5C[C@@H](O)CC[C@]5(C)[C@H]4CC[C@]23C)C1. The number of hydrogen-bond donors (Lipinski definition) is 1. The molecule has 0 aromatic rings. The monoisotopic (exact) mass is 427 g/mol. The van der Waals surface area contributed by atoms with Crippen LogP contribution in [0, 0.1) is 52.3 Å². The van der Waals surface area contributed by atoms with Crippen molar-refractivity contribution in [3.05, 3.63) is 0 Å². The van der Waals surface area contributed by atoms with Crippen LogP contribution in [0.4, 0.5) is 0 Å². The summed E-state index contributed by atoms with van der Waals surface area (Å²) in [6.45, 7) is 9.94. The predicted molar refractivity (Wildman–Crippen MR) is 122 cm³/mol. The average Bonchev–Trinajstić information content (AvgIpc) is 3.31. The van der Waals surface area contributed by atoms with Gasteiger partial charge in [-0.2, -0.15) is 0 Å². The molecule has 172 valence electrons. The molecule has 5 aliphatic rings. The van der Waals surface area contributed by atoms with Gasteiger partial charge in [0, 0.05) is 24.8 Å². The smallest absolute Gasteiger partial charge is 0.179 e. The highest BCUT2D eigenvalue weighted by atomic mass is 16.3. The average molecular weight is 428 g/mol. The van der Waals surface area contributed by atoms with Crippen LogP contribution in [0.25, 0.3) is 0 Å². The van der Waals surface area contributed by atoms with Gasteiger partial charge in [0.25, 0.3) is 0 Å². The third kappa shape index (κ3) is 3.21. The Hall–Kier alpha value is -1.03. The maximum atomic E-state index is 13.3. The fraction of sp³-hybridized carbons (Fsp3) is 0.889. The first-order valence-electron chi connectivity index (χ1n) is 12.9. The van der Waals surface area contributed by atoms with Crippen LogP contribution in [0.3, 0.4) is 0 Å². The second-order valence-corrected chi connectivity index (χ2v) is 12.5. The molecule has 0 aromatic carbocycles. The Morgan fingerprint density at radius 2 is 1.77 bits per heavy atom. The number of nitrogens with zero attached hydrogens (tertiary/aromatic N) is 1. The molecule has 4 heteroatoms. The van der Waals surface area contributed by atoms with Gasteiger partial charge in [-0.25, -0.2) is 0 Å². The lowest BCUT2D eigenvalue weighted by atomic mass is 9.44. The van der Waals surface area contributed by atoms with E-state index in [4.69, 9.17) is 0 Å². The zero-order chi connectivity index (χ0) is 22.1. The molecule has 0 saturated heterocycles. The normalized spacial score (nSPS) is 50.3. The predicted octanol–water partition coefficient (Wildman–Crippen LogP) is 4.87. The number of hydrogen-bond acceptors (Lipinski definition) is 4. The molecule has 0 unspecified atom stereocenters. The second-order valence-electron chi connectivity index (χ2n) is 12.5. The highest BCUT2D eigenvalue weighted by Gasteiger charge is 2.62. The van der Waals surface area contributed by atoms with Gasteiger partial charge in [-0.15, -0.1) is 0 Å². The van der Waals surface area contributed by atoms with Gasteiger partial charge in [-0.05, 0) is 91.8 Å². The van der Waals surface area contributed by atoms with Crippen LogP contribution in [-0.2, 0) is 9.59 Å². The van der Waals surface area contributed by atoms with Crippen LogP contribution in [0.15, 0.2) is 4.99 Å². The van der Waals surface area contributed by atoms with Crippen LogP contribution in [0.1, 0.15) is 85.5 Å². The number of aliphatic imine (C=N–C) groups is 1. The molecule has 4 nitrogen and oxygen atoms in total. The molecular weight excluding hydrogens is 386 g/mol. The van der Waals surface area contributed by atoms with E-state index in [9.17, 15) is 14.7 Å². The largest absolute Gasteiger partial charge is 0.393 e. The summed E-state index contributed by atoms with van der Waals surface area (Å²) in [5, 5.41) is 10.2. The van der Waals surface area contributed by atoms with Gasteiger partial charge < -0.3 is 5.11 Å². The number of fused-ring (bicyclic) bond motifs is 5. The van der Waals surface area contributed by atoms with Crippen LogP contribution in [0.2, 0.25) is 0 Å². The first kappa shape index (κ1) is 21.8. The Morgan fingerprint density at radius 3 is 2.48 bits per heavy atom. The van der Waals surface area contributed by atoms with E-state index in [-0.39, 0.29) is 28.8 Å². The molecular formula is C27H41NO3. The number of aliphatic hydroxyl groups excluding tert-OH is 1. The molecule has 0 aromatic heterocycles. The summed E-state index contributed by atoms with van der Waals surface area (Å²) in [4.78, 5) is 31.1. The van der Waals surface area contributed by atoms with Gasteiger partial charge in [0.1, 0.15) is 5.78 Å². The van der Waals surface area contributed by atoms with E-state index >= 15 is 0 Å². The highest BCUT2D eigenvalue weighted by Crippen LogP contribution is 2.67. The minimum absolute atomic E-state index is 0.0445. The number of ketones is 2. The molecule has 0 amide bonds. The number of aliphatic hydroxyl groups is 1. The van der Waals surface area contributed by atoms with Crippen LogP contribution < -0.4 is 0 Å². The Labute approximate surface area is 187 Å². The van der Waals surface area contributed by atoms with Crippen molar-refractivity contribution in [2.24, 2.45) is 57.2 Å². The van der Waals surface area contributed by atoms with Crippen LogP contribution in [-0.4, -0.2) is 35.0 Å². The summed E-state index contributed by atoms with van der Waals surface area (Å²) >= 11 is 0. The minimum Gasteiger partial charge on any atom is -0.393 e. The molecule has 1 aliphatic heterocycles. The van der Waals surface area contributed by atoms with E-state index in [2.05, 4.69) is 32.7 Å². The summed E-state index contributed by atoms with van der Waals surface area (Å²) in [7, 11) is 0. The Bertz CT molecular complexity index is 804. The number of Topliss-reactive ketones (excluding diaryl/α,β-unsaturated/α-hetero) is 2. The molecule has 10 atom stereocenters. The van der Waals surface area contributed by atoms with E-state index in [0.717, 1.165) is 37.9 Å². The van der Waals surface area contributed by atoms with E-state index in [0.29, 0.717) is 54.0 Å². The molecule has 4 fully saturated rings. The Kier molecular flexibility index (Phi) is 5.27. The highest BCUT2D eigenvalue weighted by molar-refractivity contribution is 6.41. The standard InChI is InChI=1S/C27H41NO3/c1-15-11-23(28-14-15)25(31)16(2)19-5-6-20-18-13-24(30)22-12-17(29)7-9-27(22,4)21(18)8-10-26(19,20)3/h15-22,29H,5-14H2,1-4H3/t15-,16+,17+,18+,19-,20+,21+,22-,26-,27-/m1/s1. The van der Waals surface area contributed by atoms with Crippen LogP contribution >= 0.6 is 0 Å². The molecule has 1 heterocycles. The number of carbonyl (C=O) groups excluding carboxylic acids is 2. The van der Waals surface area contributed by atoms with Gasteiger partial charge in [-0.1, -0.05) is 27.7 Å².